The van der Waals surface area contributed by atoms with Gasteiger partial charge in [-0.2, -0.15) is 5.26 Å². The molecule has 0 saturated heterocycles. The number of aliphatic carboxylic acids is 1. The quantitative estimate of drug-likeness (QED) is 0.701. The van der Waals surface area contributed by atoms with Crippen molar-refractivity contribution in [1.29, 1.82) is 5.26 Å². The summed E-state index contributed by atoms with van der Waals surface area (Å²) in [7, 11) is -4.09. The zero-order valence-corrected chi connectivity index (χ0v) is 11.7. The molecule has 7 nitrogen and oxygen atoms in total. The highest BCUT2D eigenvalue weighted by molar-refractivity contribution is 7.89. The second-order valence-corrected chi connectivity index (χ2v) is 6.20. The van der Waals surface area contributed by atoms with Crippen molar-refractivity contribution in [3.8, 4) is 6.07 Å². The summed E-state index contributed by atoms with van der Waals surface area (Å²) in [5.41, 5.74) is -1.76. The van der Waals surface area contributed by atoms with E-state index in [2.05, 4.69) is 0 Å². The van der Waals surface area contributed by atoms with Crippen LogP contribution in [0.2, 0.25) is 0 Å². The van der Waals surface area contributed by atoms with Gasteiger partial charge in [0.2, 0.25) is 10.0 Å². The number of sulfonamides is 1. The third kappa shape index (κ3) is 3.33. The Balaban J connectivity index is 3.12. The van der Waals surface area contributed by atoms with Crippen molar-refractivity contribution in [3.63, 3.8) is 0 Å². The van der Waals surface area contributed by atoms with E-state index in [1.54, 1.807) is 19.1 Å². The minimum atomic E-state index is -4.09. The molecule has 1 atom stereocenters. The Morgan fingerprint density at radius 2 is 2.10 bits per heavy atom. The number of nitriles is 1. The third-order valence-electron chi connectivity index (χ3n) is 2.70. The fourth-order valence-electron chi connectivity index (χ4n) is 1.40. The Morgan fingerprint density at radius 3 is 2.60 bits per heavy atom. The Kier molecular flexibility index (Phi) is 4.50. The van der Waals surface area contributed by atoms with Gasteiger partial charge in [0.15, 0.2) is 5.60 Å². The summed E-state index contributed by atoms with van der Waals surface area (Å²) in [6.45, 7) is 1.85. The second-order valence-electron chi connectivity index (χ2n) is 4.46. The number of hydrogen-bond donors (Lipinski definition) is 3. The van der Waals surface area contributed by atoms with Gasteiger partial charge in [0.05, 0.1) is 17.0 Å². The molecule has 0 aliphatic rings. The SMILES string of the molecule is Cc1cccc(S(=O)(=O)NCC(C)(O)C(=O)O)c1C#N. The molecule has 3 N–H and O–H groups in total. The van der Waals surface area contributed by atoms with Gasteiger partial charge in [0, 0.05) is 0 Å². The van der Waals surface area contributed by atoms with Crippen LogP contribution in [0.3, 0.4) is 0 Å². The normalized spacial score (nSPS) is 14.3. The lowest BCUT2D eigenvalue weighted by molar-refractivity contribution is -0.155. The molecular formula is C12H14N2O5S. The molecule has 1 unspecified atom stereocenters. The van der Waals surface area contributed by atoms with E-state index in [9.17, 15) is 18.3 Å². The van der Waals surface area contributed by atoms with Gasteiger partial charge in [-0.25, -0.2) is 17.9 Å². The number of carboxylic acids is 1. The average Bonchev–Trinajstić information content (AvgIpc) is 2.36. The highest BCUT2D eigenvalue weighted by Gasteiger charge is 2.32. The number of rotatable bonds is 5. The molecule has 0 aliphatic carbocycles. The summed E-state index contributed by atoms with van der Waals surface area (Å²) in [5.74, 6) is -1.55. The maximum atomic E-state index is 12.1. The molecule has 1 aromatic rings. The van der Waals surface area contributed by atoms with Crippen LogP contribution in [0.25, 0.3) is 0 Å². The Labute approximate surface area is 116 Å². The van der Waals surface area contributed by atoms with E-state index < -0.39 is 28.1 Å². The molecule has 1 aromatic carbocycles. The first-order valence-electron chi connectivity index (χ1n) is 5.57. The van der Waals surface area contributed by atoms with Crippen LogP contribution in [0.5, 0.6) is 0 Å². The minimum absolute atomic E-state index is 0.0185. The Morgan fingerprint density at radius 1 is 1.50 bits per heavy atom. The number of carbonyl (C=O) groups is 1. The van der Waals surface area contributed by atoms with E-state index in [1.165, 1.54) is 12.1 Å². The Bertz CT molecular complexity index is 674. The van der Waals surface area contributed by atoms with Gasteiger partial charge in [0.1, 0.15) is 6.07 Å². The summed E-state index contributed by atoms with van der Waals surface area (Å²) in [6.07, 6.45) is 0. The first-order valence-corrected chi connectivity index (χ1v) is 7.05. The van der Waals surface area contributed by atoms with Crippen LogP contribution in [0, 0.1) is 18.3 Å². The number of nitrogens with zero attached hydrogens (tertiary/aromatic N) is 1. The van der Waals surface area contributed by atoms with Crippen LogP contribution < -0.4 is 4.72 Å². The van der Waals surface area contributed by atoms with Crippen molar-refractivity contribution in [3.05, 3.63) is 29.3 Å². The van der Waals surface area contributed by atoms with Crippen LogP contribution in [-0.2, 0) is 14.8 Å². The number of hydrogen-bond acceptors (Lipinski definition) is 5. The van der Waals surface area contributed by atoms with Crippen molar-refractivity contribution in [2.45, 2.75) is 24.3 Å². The zero-order valence-electron chi connectivity index (χ0n) is 10.9. The molecule has 1 rings (SSSR count). The van der Waals surface area contributed by atoms with Gasteiger partial charge in [0.25, 0.3) is 0 Å². The van der Waals surface area contributed by atoms with Crippen LogP contribution in [-0.4, -0.2) is 36.7 Å². The van der Waals surface area contributed by atoms with Crippen molar-refractivity contribution in [2.75, 3.05) is 6.54 Å². The molecule has 108 valence electrons. The van der Waals surface area contributed by atoms with Crippen LogP contribution >= 0.6 is 0 Å². The number of carboxylic acid groups (broad SMARTS) is 1. The second kappa shape index (κ2) is 5.58. The van der Waals surface area contributed by atoms with Crippen LogP contribution in [0.1, 0.15) is 18.1 Å². The van der Waals surface area contributed by atoms with Crippen LogP contribution in [0.4, 0.5) is 0 Å². The molecule has 0 fully saturated rings. The summed E-state index contributed by atoms with van der Waals surface area (Å²) in [4.78, 5) is 10.5. The van der Waals surface area contributed by atoms with E-state index in [0.29, 0.717) is 5.56 Å². The van der Waals surface area contributed by atoms with E-state index in [1.807, 2.05) is 4.72 Å². The molecule has 0 bridgehead atoms. The zero-order chi connectivity index (χ0) is 15.6. The van der Waals surface area contributed by atoms with Gasteiger partial charge < -0.3 is 10.2 Å². The smallest absolute Gasteiger partial charge is 0.336 e. The average molecular weight is 298 g/mol. The van der Waals surface area contributed by atoms with Crippen LogP contribution in [0.15, 0.2) is 23.1 Å². The number of nitrogens with one attached hydrogen (secondary N) is 1. The predicted molar refractivity (Wildman–Crippen MR) is 69.3 cm³/mol. The Hall–Kier alpha value is -1.95. The third-order valence-corrected chi connectivity index (χ3v) is 4.15. The number of aryl methyl sites for hydroxylation is 1. The molecule has 8 heteroatoms. The summed E-state index contributed by atoms with van der Waals surface area (Å²) in [6, 6.07) is 6.09. The van der Waals surface area contributed by atoms with Gasteiger partial charge in [-0.1, -0.05) is 12.1 Å². The van der Waals surface area contributed by atoms with E-state index >= 15 is 0 Å². The lowest BCUT2D eigenvalue weighted by atomic mass is 10.1. The molecular weight excluding hydrogens is 284 g/mol. The van der Waals surface area contributed by atoms with Gasteiger partial charge in [-0.3, -0.25) is 0 Å². The number of aliphatic hydroxyl groups is 1. The fourth-order valence-corrected chi connectivity index (χ4v) is 2.76. The summed E-state index contributed by atoms with van der Waals surface area (Å²) >= 11 is 0. The maximum Gasteiger partial charge on any atom is 0.336 e. The molecule has 0 spiro atoms. The van der Waals surface area contributed by atoms with Gasteiger partial charge >= 0.3 is 5.97 Å². The summed E-state index contributed by atoms with van der Waals surface area (Å²) < 4.78 is 26.1. The lowest BCUT2D eigenvalue weighted by Gasteiger charge is -2.18. The monoisotopic (exact) mass is 298 g/mol. The van der Waals surface area contributed by atoms with Crippen molar-refractivity contribution < 1.29 is 23.4 Å². The van der Waals surface area contributed by atoms with Gasteiger partial charge in [-0.05, 0) is 25.5 Å². The van der Waals surface area contributed by atoms with Crippen molar-refractivity contribution >= 4 is 16.0 Å². The topological polar surface area (TPSA) is 127 Å². The minimum Gasteiger partial charge on any atom is -0.479 e. The highest BCUT2D eigenvalue weighted by Crippen LogP contribution is 2.18. The molecule has 0 heterocycles. The molecule has 0 radical (unpaired) electrons. The predicted octanol–water partition coefficient (Wildman–Crippen LogP) is -0.0194. The molecule has 0 saturated carbocycles. The summed E-state index contributed by atoms with van der Waals surface area (Å²) in [5, 5.41) is 27.2. The maximum absolute atomic E-state index is 12.1. The first kappa shape index (κ1) is 16.1. The van der Waals surface area contributed by atoms with E-state index in [0.717, 1.165) is 6.92 Å². The standard InChI is InChI=1S/C12H14N2O5S/c1-8-4-3-5-10(9(8)6-13)20(18,19)14-7-12(2,17)11(15)16/h3-5,14,17H,7H2,1-2H3,(H,15,16). The van der Waals surface area contributed by atoms with Gasteiger partial charge in [-0.15, -0.1) is 0 Å². The molecule has 0 aliphatic heterocycles. The first-order chi connectivity index (χ1) is 9.12. The highest BCUT2D eigenvalue weighted by atomic mass is 32.2. The lowest BCUT2D eigenvalue weighted by Crippen LogP contribution is -2.46. The molecule has 0 amide bonds. The number of benzene rings is 1. The molecule has 20 heavy (non-hydrogen) atoms. The molecule has 0 aromatic heterocycles. The van der Waals surface area contributed by atoms with Crippen molar-refractivity contribution in [2.24, 2.45) is 0 Å². The largest absolute Gasteiger partial charge is 0.479 e. The van der Waals surface area contributed by atoms with Crippen molar-refractivity contribution in [1.82, 2.24) is 4.72 Å². The van der Waals surface area contributed by atoms with E-state index in [-0.39, 0.29) is 10.5 Å². The van der Waals surface area contributed by atoms with E-state index in [4.69, 9.17) is 10.4 Å². The fraction of sp³-hybridized carbons (Fsp3) is 0.333.